The number of nitrogens with zero attached hydrogens (tertiary/aromatic N) is 2. The van der Waals surface area contributed by atoms with Crippen molar-refractivity contribution in [2.24, 2.45) is 5.92 Å². The summed E-state index contributed by atoms with van der Waals surface area (Å²) < 4.78 is 45.7. The number of halogens is 2. The van der Waals surface area contributed by atoms with Gasteiger partial charge in [-0.3, -0.25) is 9.59 Å². The molecule has 0 unspecified atom stereocenters. The van der Waals surface area contributed by atoms with Crippen molar-refractivity contribution in [3.05, 3.63) is 53.3 Å². The lowest BCUT2D eigenvalue weighted by Crippen LogP contribution is -2.41. The molecule has 2 saturated heterocycles. The summed E-state index contributed by atoms with van der Waals surface area (Å²) >= 11 is 5.72. The molecule has 170 valence electrons. The van der Waals surface area contributed by atoms with Gasteiger partial charge in [-0.05, 0) is 61.7 Å². The van der Waals surface area contributed by atoms with Crippen molar-refractivity contribution in [3.63, 3.8) is 0 Å². The first-order valence-corrected chi connectivity index (χ1v) is 12.1. The van der Waals surface area contributed by atoms with Gasteiger partial charge in [0.05, 0.1) is 15.8 Å². The molecule has 2 heterocycles. The third-order valence-electron chi connectivity index (χ3n) is 5.76. The van der Waals surface area contributed by atoms with Gasteiger partial charge in [-0.1, -0.05) is 11.6 Å². The Kier molecular flexibility index (Phi) is 6.50. The van der Waals surface area contributed by atoms with Crippen LogP contribution in [0.25, 0.3) is 0 Å². The summed E-state index contributed by atoms with van der Waals surface area (Å²) in [5, 5.41) is -0.260. The maximum Gasteiger partial charge on any atom is 0.314 e. The number of carbonyl (C=O) groups is 2. The molecule has 0 aliphatic carbocycles. The second-order valence-electron chi connectivity index (χ2n) is 7.82. The van der Waals surface area contributed by atoms with Crippen molar-refractivity contribution in [1.29, 1.82) is 0 Å². The number of sulfonamides is 1. The first-order valence-electron chi connectivity index (χ1n) is 10.3. The molecule has 0 N–H and O–H groups in total. The third-order valence-corrected chi connectivity index (χ3v) is 7.94. The lowest BCUT2D eigenvalue weighted by Gasteiger charge is -2.30. The molecule has 0 bridgehead atoms. The van der Waals surface area contributed by atoms with Gasteiger partial charge in [0.25, 0.3) is 0 Å². The lowest BCUT2D eigenvalue weighted by molar-refractivity contribution is -0.140. The molecule has 0 aromatic heterocycles. The number of piperidine rings is 1. The van der Waals surface area contributed by atoms with Crippen LogP contribution >= 0.6 is 11.6 Å². The summed E-state index contributed by atoms with van der Waals surface area (Å²) in [5.41, 5.74) is 0.770. The molecular weight excluding hydrogens is 459 g/mol. The number of ether oxygens (including phenoxy) is 1. The number of carbonyl (C=O) groups excluding carboxylic acids is 2. The smallest absolute Gasteiger partial charge is 0.314 e. The second kappa shape index (κ2) is 9.17. The molecule has 0 radical (unpaired) electrons. The van der Waals surface area contributed by atoms with Crippen molar-refractivity contribution in [2.75, 3.05) is 24.5 Å². The Morgan fingerprint density at radius 2 is 1.75 bits per heavy atom. The van der Waals surface area contributed by atoms with E-state index in [-0.39, 0.29) is 28.9 Å². The van der Waals surface area contributed by atoms with E-state index >= 15 is 0 Å². The molecule has 7 nitrogen and oxygen atoms in total. The molecular formula is C22H22ClFN2O5S. The Balaban J connectivity index is 1.34. The number of hydrogen-bond acceptors (Lipinski definition) is 5. The molecule has 10 heteroatoms. The summed E-state index contributed by atoms with van der Waals surface area (Å²) in [5.74, 6) is -1.08. The quantitative estimate of drug-likeness (QED) is 0.482. The monoisotopic (exact) mass is 480 g/mol. The molecule has 2 aromatic carbocycles. The predicted octanol–water partition coefficient (Wildman–Crippen LogP) is 3.61. The highest BCUT2D eigenvalue weighted by molar-refractivity contribution is 7.89. The molecule has 32 heavy (non-hydrogen) atoms. The Labute approximate surface area is 190 Å². The normalized spacial score (nSPS) is 18.2. The molecule has 2 aliphatic rings. The van der Waals surface area contributed by atoms with Gasteiger partial charge in [-0.25, -0.2) is 12.8 Å². The highest BCUT2D eigenvalue weighted by Gasteiger charge is 2.33. The molecule has 1 amide bonds. The summed E-state index contributed by atoms with van der Waals surface area (Å²) in [6.07, 6.45) is 2.00. The molecule has 2 aliphatic heterocycles. The van der Waals surface area contributed by atoms with Gasteiger partial charge in [0, 0.05) is 31.7 Å². The van der Waals surface area contributed by atoms with Crippen molar-refractivity contribution in [3.8, 4) is 5.75 Å². The van der Waals surface area contributed by atoms with Crippen molar-refractivity contribution in [2.45, 2.75) is 30.6 Å². The standard InChI is InChI=1S/C22H22ClFN2O5S/c23-19-14-18(7-8-20(19)24)32(29,30)25-12-9-15(10-13-25)22(28)31-17-5-3-16(4-6-17)26-11-1-2-21(26)27/h3-8,14-15H,1-2,9-13H2. The molecule has 2 fully saturated rings. The number of rotatable bonds is 5. The zero-order valence-electron chi connectivity index (χ0n) is 17.2. The highest BCUT2D eigenvalue weighted by atomic mass is 35.5. The van der Waals surface area contributed by atoms with Crippen LogP contribution in [-0.4, -0.2) is 44.2 Å². The van der Waals surface area contributed by atoms with E-state index in [0.717, 1.165) is 24.2 Å². The van der Waals surface area contributed by atoms with Gasteiger partial charge < -0.3 is 9.64 Å². The average Bonchev–Trinajstić information content (AvgIpc) is 3.22. The van der Waals surface area contributed by atoms with Crippen LogP contribution in [0.5, 0.6) is 5.75 Å². The van der Waals surface area contributed by atoms with Crippen LogP contribution in [0, 0.1) is 11.7 Å². The van der Waals surface area contributed by atoms with E-state index in [1.807, 2.05) is 0 Å². The van der Waals surface area contributed by atoms with Crippen molar-refractivity contribution in [1.82, 2.24) is 4.31 Å². The van der Waals surface area contributed by atoms with Gasteiger partial charge >= 0.3 is 5.97 Å². The van der Waals surface area contributed by atoms with Crippen LogP contribution in [-0.2, 0) is 19.6 Å². The predicted molar refractivity (Wildman–Crippen MR) is 117 cm³/mol. The van der Waals surface area contributed by atoms with Gasteiger partial charge in [0.1, 0.15) is 11.6 Å². The number of hydrogen-bond donors (Lipinski definition) is 0. The highest BCUT2D eigenvalue weighted by Crippen LogP contribution is 2.28. The van der Waals surface area contributed by atoms with Crippen molar-refractivity contribution < 1.29 is 27.1 Å². The van der Waals surface area contributed by atoms with Crippen LogP contribution in [0.4, 0.5) is 10.1 Å². The fourth-order valence-electron chi connectivity index (χ4n) is 3.93. The third kappa shape index (κ3) is 4.65. The minimum atomic E-state index is -3.83. The zero-order chi connectivity index (χ0) is 22.9. The molecule has 4 rings (SSSR count). The SMILES string of the molecule is O=C(Oc1ccc(N2CCCC2=O)cc1)C1CCN(S(=O)(=O)c2ccc(F)c(Cl)c2)CC1. The number of benzene rings is 2. The van der Waals surface area contributed by atoms with Gasteiger partial charge in [-0.15, -0.1) is 0 Å². The van der Waals surface area contributed by atoms with E-state index in [2.05, 4.69) is 0 Å². The summed E-state index contributed by atoms with van der Waals surface area (Å²) in [7, 11) is -3.83. The minimum Gasteiger partial charge on any atom is -0.426 e. The first kappa shape index (κ1) is 22.7. The summed E-state index contributed by atoms with van der Waals surface area (Å²) in [6.45, 7) is 0.976. The largest absolute Gasteiger partial charge is 0.426 e. The van der Waals surface area contributed by atoms with Gasteiger partial charge in [0.15, 0.2) is 0 Å². The second-order valence-corrected chi connectivity index (χ2v) is 10.2. The lowest BCUT2D eigenvalue weighted by atomic mass is 9.98. The van der Waals surface area contributed by atoms with Crippen LogP contribution in [0.15, 0.2) is 47.4 Å². The minimum absolute atomic E-state index is 0.0819. The topological polar surface area (TPSA) is 84.0 Å². The number of amides is 1. The molecule has 0 spiro atoms. The molecule has 2 aromatic rings. The Morgan fingerprint density at radius 1 is 1.06 bits per heavy atom. The van der Waals surface area contributed by atoms with E-state index in [1.54, 1.807) is 29.2 Å². The Hall–Kier alpha value is -2.49. The summed E-state index contributed by atoms with van der Waals surface area (Å²) in [6, 6.07) is 10.1. The van der Waals surface area contributed by atoms with E-state index < -0.39 is 27.7 Å². The molecule has 0 saturated carbocycles. The zero-order valence-corrected chi connectivity index (χ0v) is 18.7. The fourth-order valence-corrected chi connectivity index (χ4v) is 5.67. The van der Waals surface area contributed by atoms with Crippen LogP contribution in [0.1, 0.15) is 25.7 Å². The van der Waals surface area contributed by atoms with E-state index in [0.29, 0.717) is 31.6 Å². The van der Waals surface area contributed by atoms with E-state index in [9.17, 15) is 22.4 Å². The maximum absolute atomic E-state index is 13.4. The molecule has 0 atom stereocenters. The van der Waals surface area contributed by atoms with Crippen molar-refractivity contribution >= 4 is 39.2 Å². The first-order chi connectivity index (χ1) is 15.3. The van der Waals surface area contributed by atoms with Crippen LogP contribution in [0.3, 0.4) is 0 Å². The fraction of sp³-hybridized carbons (Fsp3) is 0.364. The van der Waals surface area contributed by atoms with E-state index in [4.69, 9.17) is 16.3 Å². The summed E-state index contributed by atoms with van der Waals surface area (Å²) in [4.78, 5) is 26.0. The van der Waals surface area contributed by atoms with E-state index in [1.165, 1.54) is 10.4 Å². The van der Waals surface area contributed by atoms with Crippen LogP contribution < -0.4 is 9.64 Å². The number of esters is 1. The maximum atomic E-state index is 13.4. The Morgan fingerprint density at radius 3 is 2.34 bits per heavy atom. The van der Waals surface area contributed by atoms with Crippen LogP contribution in [0.2, 0.25) is 5.02 Å². The Bertz CT molecular complexity index is 1130. The number of anilines is 1. The van der Waals surface area contributed by atoms with Gasteiger partial charge in [0.2, 0.25) is 15.9 Å². The average molecular weight is 481 g/mol. The van der Waals surface area contributed by atoms with Gasteiger partial charge in [-0.2, -0.15) is 4.31 Å².